The zero-order chi connectivity index (χ0) is 19.3. The van der Waals surface area contributed by atoms with Gasteiger partial charge in [-0.15, -0.1) is 0 Å². The van der Waals surface area contributed by atoms with Crippen LogP contribution in [0.25, 0.3) is 5.52 Å². The molecule has 0 atom stereocenters. The third-order valence-corrected chi connectivity index (χ3v) is 5.38. The number of ketones is 1. The van der Waals surface area contributed by atoms with Crippen molar-refractivity contribution in [2.75, 3.05) is 13.7 Å². The minimum absolute atomic E-state index is 0.0271. The lowest BCUT2D eigenvalue weighted by Crippen LogP contribution is -2.24. The van der Waals surface area contributed by atoms with Crippen molar-refractivity contribution in [1.29, 1.82) is 0 Å². The van der Waals surface area contributed by atoms with E-state index in [1.807, 2.05) is 22.7 Å². The number of fused-ring (bicyclic) bond motifs is 1. The molecule has 1 fully saturated rings. The van der Waals surface area contributed by atoms with E-state index in [4.69, 9.17) is 16.3 Å². The highest BCUT2D eigenvalue weighted by Gasteiger charge is 2.28. The summed E-state index contributed by atoms with van der Waals surface area (Å²) in [5.41, 5.74) is 1.65. The van der Waals surface area contributed by atoms with Gasteiger partial charge >= 0.3 is 0 Å². The van der Waals surface area contributed by atoms with Crippen LogP contribution in [0.1, 0.15) is 62.5 Å². The fraction of sp³-hybridized carbons (Fsp3) is 0.571. The Morgan fingerprint density at radius 3 is 2.62 bits per heavy atom. The van der Waals surface area contributed by atoms with E-state index in [2.05, 4.69) is 6.92 Å². The second kappa shape index (κ2) is 9.01. The lowest BCUT2D eigenvalue weighted by Gasteiger charge is -2.28. The fourth-order valence-corrected chi connectivity index (χ4v) is 3.58. The Balaban J connectivity index is 0.000000228. The van der Waals surface area contributed by atoms with E-state index < -0.39 is 5.67 Å². The molecule has 26 heavy (non-hydrogen) atoms. The van der Waals surface area contributed by atoms with Gasteiger partial charge in [0, 0.05) is 31.0 Å². The van der Waals surface area contributed by atoms with Gasteiger partial charge in [-0.25, -0.2) is 4.39 Å². The quantitative estimate of drug-likeness (QED) is 0.616. The van der Waals surface area contributed by atoms with Crippen LogP contribution in [0.4, 0.5) is 4.39 Å². The smallest absolute Gasteiger partial charge is 0.162 e. The highest BCUT2D eigenvalue weighted by atomic mass is 35.5. The van der Waals surface area contributed by atoms with Crippen LogP contribution >= 0.6 is 11.6 Å². The first-order valence-electron chi connectivity index (χ1n) is 9.22. The molecule has 0 saturated heterocycles. The maximum absolute atomic E-state index is 13.0. The molecule has 0 aromatic carbocycles. The third-order valence-electron chi connectivity index (χ3n) is 5.08. The Hall–Kier alpha value is -1.39. The van der Waals surface area contributed by atoms with Gasteiger partial charge in [-0.05, 0) is 63.6 Å². The van der Waals surface area contributed by atoms with Crippen LogP contribution in [0.2, 0.25) is 5.02 Å². The first kappa shape index (κ1) is 20.9. The fourth-order valence-electron chi connectivity index (χ4n) is 3.32. The molecule has 3 rings (SSSR count). The van der Waals surface area contributed by atoms with Crippen LogP contribution in [0.15, 0.2) is 24.4 Å². The van der Waals surface area contributed by atoms with Crippen molar-refractivity contribution < 1.29 is 13.9 Å². The topological polar surface area (TPSA) is 30.7 Å². The van der Waals surface area contributed by atoms with Gasteiger partial charge < -0.3 is 9.14 Å². The molecule has 2 aromatic rings. The minimum Gasteiger partial charge on any atom is -0.384 e. The molecule has 0 amide bonds. The number of carbonyl (C=O) groups is 1. The number of nitrogens with zero attached hydrogens (tertiary/aromatic N) is 1. The number of halogens is 2. The van der Waals surface area contributed by atoms with Crippen LogP contribution in [0.3, 0.4) is 0 Å². The maximum atomic E-state index is 13.0. The number of carbonyl (C=O) groups excluding carboxylic acids is 1. The second-order valence-electron chi connectivity index (χ2n) is 7.52. The molecule has 2 heterocycles. The molecule has 5 heteroatoms. The van der Waals surface area contributed by atoms with Gasteiger partial charge in [-0.3, -0.25) is 4.79 Å². The number of pyridine rings is 1. The molecule has 0 aliphatic heterocycles. The molecule has 0 N–H and O–H groups in total. The van der Waals surface area contributed by atoms with Crippen molar-refractivity contribution in [3.05, 3.63) is 40.7 Å². The average molecular weight is 382 g/mol. The predicted molar refractivity (Wildman–Crippen MR) is 105 cm³/mol. The number of methoxy groups -OCH3 is 1. The van der Waals surface area contributed by atoms with Crippen molar-refractivity contribution >= 4 is 22.9 Å². The van der Waals surface area contributed by atoms with E-state index in [1.54, 1.807) is 27.0 Å². The molecule has 1 saturated carbocycles. The molecule has 0 radical (unpaired) electrons. The van der Waals surface area contributed by atoms with E-state index in [9.17, 15) is 9.18 Å². The maximum Gasteiger partial charge on any atom is 0.162 e. The van der Waals surface area contributed by atoms with Crippen molar-refractivity contribution in [2.24, 2.45) is 5.92 Å². The van der Waals surface area contributed by atoms with E-state index in [0.717, 1.165) is 49.2 Å². The minimum atomic E-state index is -0.841. The molecule has 0 bridgehead atoms. The lowest BCUT2D eigenvalue weighted by molar-refractivity contribution is 0.101. The average Bonchev–Trinajstić information content (AvgIpc) is 2.97. The molecular weight excluding hydrogens is 353 g/mol. The second-order valence-corrected chi connectivity index (χ2v) is 7.93. The summed E-state index contributed by atoms with van der Waals surface area (Å²) in [4.78, 5) is 11.6. The summed E-state index contributed by atoms with van der Waals surface area (Å²) in [5.74, 6) is 0.785. The Labute approximate surface area is 160 Å². The summed E-state index contributed by atoms with van der Waals surface area (Å²) < 4.78 is 20.1. The van der Waals surface area contributed by atoms with Gasteiger partial charge in [-0.2, -0.15) is 0 Å². The Morgan fingerprint density at radius 1 is 1.42 bits per heavy atom. The monoisotopic (exact) mass is 381 g/mol. The van der Waals surface area contributed by atoms with Crippen molar-refractivity contribution in [2.45, 2.75) is 58.5 Å². The largest absolute Gasteiger partial charge is 0.384 e. The molecule has 0 unspecified atom stereocenters. The predicted octanol–water partition coefficient (Wildman–Crippen LogP) is 5.91. The normalized spacial score (nSPS) is 22.8. The molecular formula is C21H29ClFNO2. The van der Waals surface area contributed by atoms with Crippen LogP contribution in [0.5, 0.6) is 0 Å². The first-order chi connectivity index (χ1) is 12.2. The van der Waals surface area contributed by atoms with Crippen LogP contribution in [-0.2, 0) is 11.2 Å². The molecule has 1 aliphatic rings. The van der Waals surface area contributed by atoms with Crippen molar-refractivity contribution in [3.8, 4) is 0 Å². The molecule has 144 valence electrons. The molecule has 0 spiro atoms. The summed E-state index contributed by atoms with van der Waals surface area (Å²) >= 11 is 6.15. The number of Topliss-reactive ketones (excluding diaryl/α,β-unsaturated/α-hetero) is 1. The van der Waals surface area contributed by atoms with E-state index in [0.29, 0.717) is 17.2 Å². The number of ether oxygens (including phenoxy) is 1. The number of rotatable bonds is 4. The molecule has 3 nitrogen and oxygen atoms in total. The van der Waals surface area contributed by atoms with Gasteiger partial charge in [0.2, 0.25) is 0 Å². The molecule has 1 aliphatic carbocycles. The van der Waals surface area contributed by atoms with Crippen LogP contribution in [0, 0.1) is 5.92 Å². The standard InChI is InChI=1S/C13H14ClNO2.C8H15F/c1-9(16)11-8-10(5-7-17-2)15-6-3-4-12(14)13(11)15;1-7-3-5-8(2,9)6-4-7/h3-4,6,8H,5,7H2,1-2H3;7H,3-6H2,1-2H3. The highest BCUT2D eigenvalue weighted by molar-refractivity contribution is 6.34. The summed E-state index contributed by atoms with van der Waals surface area (Å²) in [6, 6.07) is 5.56. The Morgan fingerprint density at radius 2 is 2.08 bits per heavy atom. The van der Waals surface area contributed by atoms with E-state index in [1.165, 1.54) is 0 Å². The number of hydrogen-bond donors (Lipinski definition) is 0. The first-order valence-corrected chi connectivity index (χ1v) is 9.60. The third kappa shape index (κ3) is 5.31. The Bertz CT molecular complexity index is 744. The van der Waals surface area contributed by atoms with E-state index >= 15 is 0 Å². The summed E-state index contributed by atoms with van der Waals surface area (Å²) in [6.45, 7) is 6.10. The summed E-state index contributed by atoms with van der Waals surface area (Å²) in [6.07, 6.45) is 6.37. The van der Waals surface area contributed by atoms with Crippen molar-refractivity contribution in [3.63, 3.8) is 0 Å². The SMILES string of the molecule is CC1CCC(C)(F)CC1.COCCc1cc(C(C)=O)c2c(Cl)cccn12. The zero-order valence-corrected chi connectivity index (χ0v) is 16.9. The zero-order valence-electron chi connectivity index (χ0n) is 16.1. The summed E-state index contributed by atoms with van der Waals surface area (Å²) in [7, 11) is 1.66. The van der Waals surface area contributed by atoms with Gasteiger partial charge in [0.25, 0.3) is 0 Å². The number of alkyl halides is 1. The van der Waals surface area contributed by atoms with Gasteiger partial charge in [-0.1, -0.05) is 18.5 Å². The van der Waals surface area contributed by atoms with Crippen LogP contribution < -0.4 is 0 Å². The Kier molecular flexibility index (Phi) is 7.24. The highest BCUT2D eigenvalue weighted by Crippen LogP contribution is 2.34. The number of hydrogen-bond acceptors (Lipinski definition) is 2. The number of aromatic nitrogens is 1. The van der Waals surface area contributed by atoms with E-state index in [-0.39, 0.29) is 5.78 Å². The summed E-state index contributed by atoms with van der Waals surface area (Å²) in [5, 5.41) is 0.598. The van der Waals surface area contributed by atoms with Gasteiger partial charge in [0.15, 0.2) is 5.78 Å². The van der Waals surface area contributed by atoms with Crippen LogP contribution in [-0.4, -0.2) is 29.6 Å². The lowest BCUT2D eigenvalue weighted by atomic mass is 9.82. The van der Waals surface area contributed by atoms with Gasteiger partial charge in [0.1, 0.15) is 5.67 Å². The van der Waals surface area contributed by atoms with Gasteiger partial charge in [0.05, 0.1) is 17.1 Å². The van der Waals surface area contributed by atoms with Crippen molar-refractivity contribution in [1.82, 2.24) is 4.40 Å². The molecule has 2 aromatic heterocycles.